The maximum Gasteiger partial charge on any atom is 0.225 e. The molecular weight excluding hydrogens is 278 g/mol. The van der Waals surface area contributed by atoms with Crippen molar-refractivity contribution >= 4 is 5.91 Å². The third kappa shape index (κ3) is 3.68. The smallest absolute Gasteiger partial charge is 0.225 e. The highest BCUT2D eigenvalue weighted by Crippen LogP contribution is 2.29. The van der Waals surface area contributed by atoms with Gasteiger partial charge in [0.15, 0.2) is 0 Å². The first-order valence-electron chi connectivity index (χ1n) is 8.37. The van der Waals surface area contributed by atoms with E-state index >= 15 is 0 Å². The van der Waals surface area contributed by atoms with Gasteiger partial charge >= 0.3 is 0 Å². The van der Waals surface area contributed by atoms with Crippen LogP contribution in [0.2, 0.25) is 0 Å². The topological polar surface area (TPSA) is 49.8 Å². The number of carbonyl (C=O) groups is 1. The van der Waals surface area contributed by atoms with E-state index in [9.17, 15) is 9.90 Å². The zero-order valence-corrected chi connectivity index (χ0v) is 13.0. The molecule has 120 valence electrons. The van der Waals surface area contributed by atoms with Crippen LogP contribution in [0.25, 0.3) is 0 Å². The molecule has 0 unspecified atom stereocenters. The molecule has 1 aliphatic heterocycles. The van der Waals surface area contributed by atoms with Crippen LogP contribution < -0.4 is 0 Å². The number of likely N-dealkylation sites (tertiary alicyclic amines) is 1. The Morgan fingerprint density at radius 2 is 1.95 bits per heavy atom. The molecule has 0 bridgehead atoms. The van der Waals surface area contributed by atoms with Crippen molar-refractivity contribution in [3.8, 4) is 0 Å². The maximum absolute atomic E-state index is 12.0. The summed E-state index contributed by atoms with van der Waals surface area (Å²) < 4.78 is 6.12. The third-order valence-electron chi connectivity index (χ3n) is 4.77. The molecule has 2 fully saturated rings. The van der Waals surface area contributed by atoms with Gasteiger partial charge in [0.2, 0.25) is 5.91 Å². The standard InChI is InChI=1S/C18H25NO3/c20-15-12-18(21)19(13-15)16-8-4-5-9-17(16)22-11-10-14-6-2-1-3-7-14/h1-3,6-7,15-17,20H,4-5,8-13H2/t15-,16-,17+/m1/s1. The van der Waals surface area contributed by atoms with Crippen LogP contribution in [-0.2, 0) is 16.0 Å². The summed E-state index contributed by atoms with van der Waals surface area (Å²) >= 11 is 0. The predicted molar refractivity (Wildman–Crippen MR) is 84.5 cm³/mol. The highest BCUT2D eigenvalue weighted by atomic mass is 16.5. The minimum absolute atomic E-state index is 0.0797. The molecule has 3 atom stereocenters. The quantitative estimate of drug-likeness (QED) is 0.907. The van der Waals surface area contributed by atoms with Gasteiger partial charge in [-0.05, 0) is 24.8 Å². The van der Waals surface area contributed by atoms with Crippen LogP contribution in [0.5, 0.6) is 0 Å². The number of carbonyl (C=O) groups excluding carboxylic acids is 1. The van der Waals surface area contributed by atoms with Crippen molar-refractivity contribution < 1.29 is 14.6 Å². The Bertz CT molecular complexity index is 490. The monoisotopic (exact) mass is 303 g/mol. The fourth-order valence-corrected chi connectivity index (χ4v) is 3.63. The van der Waals surface area contributed by atoms with Crippen molar-refractivity contribution in [1.29, 1.82) is 0 Å². The minimum Gasteiger partial charge on any atom is -0.391 e. The van der Waals surface area contributed by atoms with Crippen LogP contribution in [-0.4, -0.2) is 47.3 Å². The lowest BCUT2D eigenvalue weighted by Gasteiger charge is -2.37. The molecule has 0 aromatic heterocycles. The second-order valence-electron chi connectivity index (χ2n) is 6.40. The normalized spacial score (nSPS) is 29.0. The van der Waals surface area contributed by atoms with Crippen molar-refractivity contribution in [1.82, 2.24) is 4.90 Å². The van der Waals surface area contributed by atoms with Gasteiger partial charge in [0.1, 0.15) is 0 Å². The lowest BCUT2D eigenvalue weighted by Crippen LogP contribution is -2.47. The number of aliphatic hydroxyl groups excluding tert-OH is 1. The molecule has 1 aromatic carbocycles. The number of ether oxygens (including phenoxy) is 1. The number of β-amino-alcohol motifs (C(OH)–C–C–N with tert-alkyl or cyclic N) is 1. The predicted octanol–water partition coefficient (Wildman–Crippen LogP) is 2.15. The van der Waals surface area contributed by atoms with Crippen molar-refractivity contribution in [3.05, 3.63) is 35.9 Å². The van der Waals surface area contributed by atoms with E-state index in [4.69, 9.17) is 4.74 Å². The summed E-state index contributed by atoms with van der Waals surface area (Å²) in [4.78, 5) is 13.9. The molecule has 1 amide bonds. The van der Waals surface area contributed by atoms with E-state index in [2.05, 4.69) is 12.1 Å². The first kappa shape index (κ1) is 15.5. The summed E-state index contributed by atoms with van der Waals surface area (Å²) in [5.74, 6) is 0.0797. The van der Waals surface area contributed by atoms with E-state index in [-0.39, 0.29) is 24.5 Å². The van der Waals surface area contributed by atoms with Crippen LogP contribution in [0.4, 0.5) is 0 Å². The molecule has 0 spiro atoms. The van der Waals surface area contributed by atoms with Crippen molar-refractivity contribution in [2.24, 2.45) is 0 Å². The molecular formula is C18H25NO3. The van der Waals surface area contributed by atoms with Crippen LogP contribution in [0.1, 0.15) is 37.7 Å². The summed E-state index contributed by atoms with van der Waals surface area (Å²) in [6.07, 6.45) is 5.10. The maximum atomic E-state index is 12.0. The molecule has 0 radical (unpaired) electrons. The van der Waals surface area contributed by atoms with Crippen molar-refractivity contribution in [3.63, 3.8) is 0 Å². The molecule has 4 nitrogen and oxygen atoms in total. The van der Waals surface area contributed by atoms with Crippen LogP contribution in [0, 0.1) is 0 Å². The molecule has 22 heavy (non-hydrogen) atoms. The summed E-state index contributed by atoms with van der Waals surface area (Å²) in [6, 6.07) is 10.5. The van der Waals surface area contributed by atoms with Gasteiger partial charge in [-0.15, -0.1) is 0 Å². The SMILES string of the molecule is O=C1C[C@@H](O)CN1[C@@H]1CCCC[C@@H]1OCCc1ccccc1. The van der Waals surface area contributed by atoms with Gasteiger partial charge in [-0.25, -0.2) is 0 Å². The first-order valence-corrected chi connectivity index (χ1v) is 8.37. The number of nitrogens with zero attached hydrogens (tertiary/aromatic N) is 1. The van der Waals surface area contributed by atoms with Gasteiger partial charge in [-0.3, -0.25) is 4.79 Å². The Hall–Kier alpha value is -1.39. The van der Waals surface area contributed by atoms with Gasteiger partial charge < -0.3 is 14.7 Å². The summed E-state index contributed by atoms with van der Waals surface area (Å²) in [6.45, 7) is 1.16. The van der Waals surface area contributed by atoms with Gasteiger partial charge in [0, 0.05) is 6.54 Å². The summed E-state index contributed by atoms with van der Waals surface area (Å²) in [7, 11) is 0. The molecule has 1 heterocycles. The number of hydrogen-bond acceptors (Lipinski definition) is 3. The van der Waals surface area contributed by atoms with Crippen LogP contribution in [0.15, 0.2) is 30.3 Å². The Balaban J connectivity index is 1.55. The largest absolute Gasteiger partial charge is 0.391 e. The lowest BCUT2D eigenvalue weighted by molar-refractivity contribution is -0.134. The molecule has 1 saturated carbocycles. The number of rotatable bonds is 5. The van der Waals surface area contributed by atoms with E-state index in [1.807, 2.05) is 23.1 Å². The fraction of sp³-hybridized carbons (Fsp3) is 0.611. The highest BCUT2D eigenvalue weighted by molar-refractivity contribution is 5.79. The van der Waals surface area contributed by atoms with E-state index in [1.54, 1.807) is 0 Å². The number of amides is 1. The second kappa shape index (κ2) is 7.25. The number of benzene rings is 1. The Morgan fingerprint density at radius 1 is 1.18 bits per heavy atom. The minimum atomic E-state index is -0.501. The zero-order valence-electron chi connectivity index (χ0n) is 13.0. The second-order valence-corrected chi connectivity index (χ2v) is 6.40. The molecule has 1 N–H and O–H groups in total. The van der Waals surface area contributed by atoms with Crippen molar-refractivity contribution in [2.45, 2.75) is 56.8 Å². The van der Waals surface area contributed by atoms with E-state index in [0.717, 1.165) is 32.1 Å². The average Bonchev–Trinajstić information content (AvgIpc) is 2.87. The van der Waals surface area contributed by atoms with E-state index < -0.39 is 6.10 Å². The molecule has 4 heteroatoms. The Labute approximate surface area is 132 Å². The van der Waals surface area contributed by atoms with Gasteiger partial charge in [0.05, 0.1) is 31.3 Å². The molecule has 1 aliphatic carbocycles. The van der Waals surface area contributed by atoms with Gasteiger partial charge in [-0.2, -0.15) is 0 Å². The fourth-order valence-electron chi connectivity index (χ4n) is 3.63. The van der Waals surface area contributed by atoms with Crippen LogP contribution >= 0.6 is 0 Å². The number of aliphatic hydroxyl groups is 1. The Kier molecular flexibility index (Phi) is 5.11. The summed E-state index contributed by atoms with van der Waals surface area (Å²) in [5, 5.41) is 9.71. The van der Waals surface area contributed by atoms with Gasteiger partial charge in [0.25, 0.3) is 0 Å². The Morgan fingerprint density at radius 3 is 2.68 bits per heavy atom. The van der Waals surface area contributed by atoms with E-state index in [0.29, 0.717) is 13.2 Å². The zero-order chi connectivity index (χ0) is 15.4. The molecule has 3 rings (SSSR count). The highest BCUT2D eigenvalue weighted by Gasteiger charge is 2.38. The molecule has 1 aromatic rings. The molecule has 2 aliphatic rings. The van der Waals surface area contributed by atoms with Crippen molar-refractivity contribution in [2.75, 3.05) is 13.2 Å². The summed E-state index contributed by atoms with van der Waals surface area (Å²) in [5.41, 5.74) is 1.28. The lowest BCUT2D eigenvalue weighted by atomic mass is 9.91. The molecule has 1 saturated heterocycles. The third-order valence-corrected chi connectivity index (χ3v) is 4.77. The van der Waals surface area contributed by atoms with Gasteiger partial charge in [-0.1, -0.05) is 43.2 Å². The number of hydrogen-bond donors (Lipinski definition) is 1. The van der Waals surface area contributed by atoms with E-state index in [1.165, 1.54) is 5.56 Å². The average molecular weight is 303 g/mol. The first-order chi connectivity index (χ1) is 10.7. The van der Waals surface area contributed by atoms with Crippen LogP contribution in [0.3, 0.4) is 0 Å².